The summed E-state index contributed by atoms with van der Waals surface area (Å²) in [6.45, 7) is 1.02. The summed E-state index contributed by atoms with van der Waals surface area (Å²) in [6.07, 6.45) is 5.59. The van der Waals surface area contributed by atoms with E-state index in [2.05, 4.69) is 16.1 Å². The molecule has 1 rings (SSSR count). The minimum Gasteiger partial charge on any atom is -0.397 e. The van der Waals surface area contributed by atoms with E-state index >= 15 is 0 Å². The molecule has 0 amide bonds. The molecule has 1 heterocycles. The van der Waals surface area contributed by atoms with Gasteiger partial charge in [0.2, 0.25) is 0 Å². The number of nitrogen functional groups attached to an aromatic ring is 1. The molecular formula is C9H15N3S. The fourth-order valence-corrected chi connectivity index (χ4v) is 1.47. The molecule has 0 aromatic carbocycles. The molecule has 0 bridgehead atoms. The van der Waals surface area contributed by atoms with Gasteiger partial charge in [0.15, 0.2) is 0 Å². The van der Waals surface area contributed by atoms with Crippen LogP contribution in [0.2, 0.25) is 0 Å². The monoisotopic (exact) mass is 197 g/mol. The van der Waals surface area contributed by atoms with Crippen molar-refractivity contribution in [1.82, 2.24) is 4.98 Å². The van der Waals surface area contributed by atoms with E-state index in [0.717, 1.165) is 18.0 Å². The van der Waals surface area contributed by atoms with Crippen molar-refractivity contribution < 1.29 is 0 Å². The summed E-state index contributed by atoms with van der Waals surface area (Å²) >= 11 is 1.84. The molecule has 2 N–H and O–H groups in total. The Hall–Kier alpha value is -0.900. The Morgan fingerprint density at radius 2 is 2.31 bits per heavy atom. The summed E-state index contributed by atoms with van der Waals surface area (Å²) in [4.78, 5) is 6.19. The lowest BCUT2D eigenvalue weighted by atomic mass is 10.3. The van der Waals surface area contributed by atoms with Gasteiger partial charge in [-0.25, -0.2) is 0 Å². The van der Waals surface area contributed by atoms with E-state index in [9.17, 15) is 0 Å². The SMILES string of the molecule is CSCCN(C)c1cncc(N)c1. The highest BCUT2D eigenvalue weighted by molar-refractivity contribution is 7.98. The smallest absolute Gasteiger partial charge is 0.0571 e. The molecule has 0 aliphatic carbocycles. The van der Waals surface area contributed by atoms with Crippen molar-refractivity contribution in [3.8, 4) is 0 Å². The number of anilines is 2. The molecule has 0 saturated heterocycles. The molecule has 0 atom stereocenters. The Bertz CT molecular complexity index is 265. The summed E-state index contributed by atoms with van der Waals surface area (Å²) in [5.41, 5.74) is 7.42. The maximum absolute atomic E-state index is 5.63. The maximum Gasteiger partial charge on any atom is 0.0571 e. The molecule has 4 heteroatoms. The van der Waals surface area contributed by atoms with Gasteiger partial charge in [-0.05, 0) is 12.3 Å². The van der Waals surface area contributed by atoms with Gasteiger partial charge >= 0.3 is 0 Å². The van der Waals surface area contributed by atoms with Crippen LogP contribution in [0.4, 0.5) is 11.4 Å². The lowest BCUT2D eigenvalue weighted by Gasteiger charge is -2.18. The van der Waals surface area contributed by atoms with Gasteiger partial charge in [-0.15, -0.1) is 0 Å². The molecule has 1 aromatic heterocycles. The van der Waals surface area contributed by atoms with Crippen LogP contribution in [0.15, 0.2) is 18.5 Å². The van der Waals surface area contributed by atoms with E-state index in [1.54, 1.807) is 6.20 Å². The molecule has 0 unspecified atom stereocenters. The number of hydrogen-bond donors (Lipinski definition) is 1. The van der Waals surface area contributed by atoms with Gasteiger partial charge in [0.25, 0.3) is 0 Å². The van der Waals surface area contributed by atoms with Crippen LogP contribution in [-0.2, 0) is 0 Å². The predicted octanol–water partition coefficient (Wildman–Crippen LogP) is 1.46. The summed E-state index contributed by atoms with van der Waals surface area (Å²) < 4.78 is 0. The van der Waals surface area contributed by atoms with Crippen molar-refractivity contribution in [3.05, 3.63) is 18.5 Å². The van der Waals surface area contributed by atoms with Crippen molar-refractivity contribution in [2.75, 3.05) is 36.2 Å². The van der Waals surface area contributed by atoms with Gasteiger partial charge in [-0.2, -0.15) is 11.8 Å². The van der Waals surface area contributed by atoms with Crippen molar-refractivity contribution in [2.45, 2.75) is 0 Å². The molecular weight excluding hydrogens is 182 g/mol. The highest BCUT2D eigenvalue weighted by Crippen LogP contribution is 2.13. The largest absolute Gasteiger partial charge is 0.397 e. The lowest BCUT2D eigenvalue weighted by molar-refractivity contribution is 0.972. The summed E-state index contributed by atoms with van der Waals surface area (Å²) in [7, 11) is 2.05. The first-order chi connectivity index (χ1) is 6.24. The first kappa shape index (κ1) is 10.2. The van der Waals surface area contributed by atoms with E-state index in [-0.39, 0.29) is 0 Å². The molecule has 1 aromatic rings. The number of rotatable bonds is 4. The normalized spacial score (nSPS) is 10.0. The van der Waals surface area contributed by atoms with Crippen LogP contribution >= 0.6 is 11.8 Å². The molecule has 72 valence electrons. The number of hydrogen-bond acceptors (Lipinski definition) is 4. The van der Waals surface area contributed by atoms with Crippen LogP contribution in [-0.4, -0.2) is 30.6 Å². The third kappa shape index (κ3) is 3.14. The lowest BCUT2D eigenvalue weighted by Crippen LogP contribution is -2.20. The van der Waals surface area contributed by atoms with Crippen LogP contribution < -0.4 is 10.6 Å². The van der Waals surface area contributed by atoms with Crippen LogP contribution in [0.25, 0.3) is 0 Å². The van der Waals surface area contributed by atoms with Crippen molar-refractivity contribution in [1.29, 1.82) is 0 Å². The fourth-order valence-electron chi connectivity index (χ4n) is 1.01. The molecule has 0 saturated carbocycles. The third-order valence-electron chi connectivity index (χ3n) is 1.82. The van der Waals surface area contributed by atoms with Crippen molar-refractivity contribution in [3.63, 3.8) is 0 Å². The topological polar surface area (TPSA) is 42.2 Å². The zero-order valence-corrected chi connectivity index (χ0v) is 8.84. The predicted molar refractivity (Wildman–Crippen MR) is 60.3 cm³/mol. The molecule has 0 aliphatic rings. The van der Waals surface area contributed by atoms with Crippen molar-refractivity contribution in [2.24, 2.45) is 0 Å². The van der Waals surface area contributed by atoms with Gasteiger partial charge < -0.3 is 10.6 Å². The van der Waals surface area contributed by atoms with E-state index in [1.807, 2.05) is 31.1 Å². The number of thioether (sulfide) groups is 1. The highest BCUT2D eigenvalue weighted by atomic mass is 32.2. The second-order valence-corrected chi connectivity index (χ2v) is 3.88. The zero-order chi connectivity index (χ0) is 9.68. The van der Waals surface area contributed by atoms with Gasteiger partial charge in [-0.1, -0.05) is 0 Å². The van der Waals surface area contributed by atoms with E-state index in [4.69, 9.17) is 5.73 Å². The Labute approximate surface area is 83.3 Å². The average Bonchev–Trinajstić information content (AvgIpc) is 2.14. The van der Waals surface area contributed by atoms with Crippen LogP contribution in [0.5, 0.6) is 0 Å². The molecule has 0 fully saturated rings. The van der Waals surface area contributed by atoms with E-state index < -0.39 is 0 Å². The molecule has 0 spiro atoms. The minimum absolute atomic E-state index is 0.716. The molecule has 0 aliphatic heterocycles. The zero-order valence-electron chi connectivity index (χ0n) is 8.03. The van der Waals surface area contributed by atoms with Gasteiger partial charge in [0, 0.05) is 25.5 Å². The summed E-state index contributed by atoms with van der Waals surface area (Å²) in [5, 5.41) is 0. The second kappa shape index (κ2) is 4.97. The number of pyridine rings is 1. The summed E-state index contributed by atoms with van der Waals surface area (Å²) in [5.74, 6) is 1.12. The fraction of sp³-hybridized carbons (Fsp3) is 0.444. The number of nitrogens with zero attached hydrogens (tertiary/aromatic N) is 2. The van der Waals surface area contributed by atoms with Gasteiger partial charge in [-0.3, -0.25) is 4.98 Å². The highest BCUT2D eigenvalue weighted by Gasteiger charge is 2.00. The first-order valence-electron chi connectivity index (χ1n) is 4.14. The minimum atomic E-state index is 0.716. The van der Waals surface area contributed by atoms with E-state index in [1.165, 1.54) is 0 Å². The van der Waals surface area contributed by atoms with Crippen LogP contribution in [0, 0.1) is 0 Å². The molecule has 0 radical (unpaired) electrons. The Kier molecular flexibility index (Phi) is 3.89. The third-order valence-corrected chi connectivity index (χ3v) is 2.41. The first-order valence-corrected chi connectivity index (χ1v) is 5.54. The van der Waals surface area contributed by atoms with Crippen LogP contribution in [0.1, 0.15) is 0 Å². The number of nitrogens with two attached hydrogens (primary N) is 1. The molecule has 13 heavy (non-hydrogen) atoms. The Morgan fingerprint density at radius 3 is 2.92 bits per heavy atom. The molecule has 3 nitrogen and oxygen atoms in total. The average molecular weight is 197 g/mol. The Morgan fingerprint density at radius 1 is 1.54 bits per heavy atom. The van der Waals surface area contributed by atoms with E-state index in [0.29, 0.717) is 5.69 Å². The van der Waals surface area contributed by atoms with Crippen molar-refractivity contribution >= 4 is 23.1 Å². The second-order valence-electron chi connectivity index (χ2n) is 2.89. The Balaban J connectivity index is 2.60. The van der Waals surface area contributed by atoms with Gasteiger partial charge in [0.05, 0.1) is 17.6 Å². The summed E-state index contributed by atoms with van der Waals surface area (Å²) in [6, 6.07) is 1.94. The van der Waals surface area contributed by atoms with Gasteiger partial charge in [0.1, 0.15) is 0 Å². The maximum atomic E-state index is 5.63. The standard InChI is InChI=1S/C9H15N3S/c1-12(3-4-13-2)9-5-8(10)6-11-7-9/h5-7H,3-4,10H2,1-2H3. The quantitative estimate of drug-likeness (QED) is 0.793. The van der Waals surface area contributed by atoms with Crippen LogP contribution in [0.3, 0.4) is 0 Å². The number of aromatic nitrogens is 1.